The lowest BCUT2D eigenvalue weighted by atomic mass is 10.1. The Labute approximate surface area is 66.8 Å². The van der Waals surface area contributed by atoms with Crippen LogP contribution in [0.1, 0.15) is 0 Å². The van der Waals surface area contributed by atoms with Gasteiger partial charge >= 0.3 is 0 Å². The largest absolute Gasteiger partial charge is 0.363 e. The van der Waals surface area contributed by atoms with Gasteiger partial charge in [-0.25, -0.2) is 0 Å². The molecular formula is C6H7BrO3. The van der Waals surface area contributed by atoms with Crippen LogP contribution in [-0.4, -0.2) is 36.0 Å². The van der Waals surface area contributed by atoms with Crippen molar-refractivity contribution in [3.05, 3.63) is 0 Å². The normalized spacial score (nSPS) is 63.9. The highest BCUT2D eigenvalue weighted by molar-refractivity contribution is 9.09. The highest BCUT2D eigenvalue weighted by Gasteiger charge is 2.60. The highest BCUT2D eigenvalue weighted by atomic mass is 79.9. The molecule has 56 valence electrons. The second-order valence-electron chi connectivity index (χ2n) is 2.89. The lowest BCUT2D eigenvalue weighted by Gasteiger charge is -2.18. The summed E-state index contributed by atoms with van der Waals surface area (Å²) in [6, 6.07) is 0. The van der Waals surface area contributed by atoms with Gasteiger partial charge in [-0.05, 0) is 0 Å². The van der Waals surface area contributed by atoms with E-state index in [2.05, 4.69) is 15.9 Å². The molecule has 3 rings (SSSR count). The molecule has 0 saturated carbocycles. The smallest absolute Gasteiger partial charge is 0.186 e. The van der Waals surface area contributed by atoms with Crippen LogP contribution >= 0.6 is 15.9 Å². The van der Waals surface area contributed by atoms with Crippen LogP contribution in [0.4, 0.5) is 0 Å². The first kappa shape index (κ1) is 5.94. The minimum absolute atomic E-state index is 0.0659. The molecule has 5 atom stereocenters. The van der Waals surface area contributed by atoms with Crippen LogP contribution in [0.2, 0.25) is 0 Å². The van der Waals surface area contributed by atoms with Crippen molar-refractivity contribution in [2.24, 2.45) is 0 Å². The van der Waals surface area contributed by atoms with Gasteiger partial charge in [-0.1, -0.05) is 15.9 Å². The van der Waals surface area contributed by atoms with Gasteiger partial charge in [0.15, 0.2) is 6.29 Å². The summed E-state index contributed by atoms with van der Waals surface area (Å²) in [6.07, 6.45) is 0.715. The van der Waals surface area contributed by atoms with Crippen molar-refractivity contribution in [1.82, 2.24) is 0 Å². The zero-order valence-electron chi connectivity index (χ0n) is 5.20. The highest BCUT2D eigenvalue weighted by Crippen LogP contribution is 2.44. The topological polar surface area (TPSA) is 31.0 Å². The molecule has 0 aromatic carbocycles. The fourth-order valence-corrected chi connectivity index (χ4v) is 2.31. The van der Waals surface area contributed by atoms with Crippen molar-refractivity contribution in [2.75, 3.05) is 6.61 Å². The second kappa shape index (κ2) is 1.75. The molecule has 3 heterocycles. The molecule has 3 aliphatic rings. The Bertz CT molecular complexity index is 172. The van der Waals surface area contributed by atoms with Gasteiger partial charge in [0.1, 0.15) is 12.2 Å². The molecule has 0 radical (unpaired) electrons. The summed E-state index contributed by atoms with van der Waals surface area (Å²) in [4.78, 5) is 0.344. The molecule has 0 aliphatic carbocycles. The first-order valence-electron chi connectivity index (χ1n) is 3.43. The van der Waals surface area contributed by atoms with E-state index in [1.54, 1.807) is 0 Å². The maximum atomic E-state index is 5.47. The van der Waals surface area contributed by atoms with Crippen LogP contribution in [-0.2, 0) is 14.2 Å². The molecule has 0 spiro atoms. The lowest BCUT2D eigenvalue weighted by molar-refractivity contribution is -0.0769. The lowest BCUT2D eigenvalue weighted by Crippen LogP contribution is -2.35. The molecule has 3 aliphatic heterocycles. The Hall–Kier alpha value is 0.360. The third-order valence-corrected chi connectivity index (χ3v) is 3.34. The molecule has 2 bridgehead atoms. The summed E-state index contributed by atoms with van der Waals surface area (Å²) in [5, 5.41) is 0. The molecule has 3 nitrogen and oxygen atoms in total. The standard InChI is InChI=1S/C6H7BrO3/c7-3-2-1-8-6(9-2)5-4(3)10-5/h2-6H,1H2/t2-,3-,4+,5+,6-/m1/s1. The molecule has 0 unspecified atom stereocenters. The van der Waals surface area contributed by atoms with E-state index in [4.69, 9.17) is 14.2 Å². The number of fused-ring (bicyclic) bond motifs is 4. The van der Waals surface area contributed by atoms with Crippen molar-refractivity contribution in [3.63, 3.8) is 0 Å². The Balaban J connectivity index is 1.91. The summed E-state index contributed by atoms with van der Waals surface area (Å²) in [5.74, 6) is 0. The third kappa shape index (κ3) is 0.605. The molecule has 3 saturated heterocycles. The van der Waals surface area contributed by atoms with Crippen molar-refractivity contribution in [1.29, 1.82) is 0 Å². The summed E-state index contributed by atoms with van der Waals surface area (Å²) in [5.41, 5.74) is 0. The average molecular weight is 207 g/mol. The van der Waals surface area contributed by atoms with Crippen LogP contribution in [0.15, 0.2) is 0 Å². The second-order valence-corrected chi connectivity index (χ2v) is 3.94. The van der Waals surface area contributed by atoms with E-state index < -0.39 is 0 Å². The number of rotatable bonds is 0. The Kier molecular flexibility index (Phi) is 1.04. The van der Waals surface area contributed by atoms with Gasteiger partial charge in [-0.15, -0.1) is 0 Å². The molecule has 0 aromatic heterocycles. The van der Waals surface area contributed by atoms with E-state index in [0.29, 0.717) is 10.9 Å². The summed E-state index contributed by atoms with van der Waals surface area (Å²) in [7, 11) is 0. The van der Waals surface area contributed by atoms with Gasteiger partial charge in [0.05, 0.1) is 17.5 Å². The number of hydrogen-bond donors (Lipinski definition) is 0. The van der Waals surface area contributed by atoms with E-state index in [9.17, 15) is 0 Å². The third-order valence-electron chi connectivity index (χ3n) is 2.23. The van der Waals surface area contributed by atoms with Gasteiger partial charge in [0.2, 0.25) is 0 Å². The van der Waals surface area contributed by atoms with Gasteiger partial charge in [0, 0.05) is 0 Å². The molecule has 0 aromatic rings. The predicted octanol–water partition coefficient (Wildman–Crippen LogP) is 0.272. The molecule has 4 heteroatoms. The average Bonchev–Trinajstić information content (AvgIpc) is 2.61. The number of hydrogen-bond acceptors (Lipinski definition) is 3. The van der Waals surface area contributed by atoms with Crippen molar-refractivity contribution < 1.29 is 14.2 Å². The first-order valence-corrected chi connectivity index (χ1v) is 4.34. The fourth-order valence-electron chi connectivity index (χ4n) is 1.60. The van der Waals surface area contributed by atoms with Crippen molar-refractivity contribution in [3.8, 4) is 0 Å². The van der Waals surface area contributed by atoms with Crippen LogP contribution < -0.4 is 0 Å². The van der Waals surface area contributed by atoms with E-state index in [-0.39, 0.29) is 18.5 Å². The minimum Gasteiger partial charge on any atom is -0.363 e. The molecule has 3 fully saturated rings. The van der Waals surface area contributed by atoms with Gasteiger partial charge < -0.3 is 14.2 Å². The Morgan fingerprint density at radius 1 is 1.20 bits per heavy atom. The maximum Gasteiger partial charge on any atom is 0.186 e. The number of epoxide rings is 1. The summed E-state index contributed by atoms with van der Waals surface area (Å²) in [6.45, 7) is 0.719. The predicted molar refractivity (Wildman–Crippen MR) is 36.0 cm³/mol. The SMILES string of the molecule is Br[C@H]1[C@@H]2O[C@@H]2[C@@H]2OC[C@H]1O2. The van der Waals surface area contributed by atoms with Gasteiger partial charge in [0.25, 0.3) is 0 Å². The quantitative estimate of drug-likeness (QED) is 0.422. The van der Waals surface area contributed by atoms with Gasteiger partial charge in [-0.2, -0.15) is 0 Å². The van der Waals surface area contributed by atoms with Crippen LogP contribution in [0, 0.1) is 0 Å². The zero-order chi connectivity index (χ0) is 6.72. The molecule has 10 heavy (non-hydrogen) atoms. The van der Waals surface area contributed by atoms with E-state index in [0.717, 1.165) is 6.61 Å². The number of alkyl halides is 1. The van der Waals surface area contributed by atoms with E-state index in [1.165, 1.54) is 0 Å². The monoisotopic (exact) mass is 206 g/mol. The van der Waals surface area contributed by atoms with Crippen LogP contribution in [0.5, 0.6) is 0 Å². The van der Waals surface area contributed by atoms with Crippen LogP contribution in [0.25, 0.3) is 0 Å². The van der Waals surface area contributed by atoms with Gasteiger partial charge in [-0.3, -0.25) is 0 Å². The summed E-state index contributed by atoms with van der Waals surface area (Å²) < 4.78 is 16.1. The van der Waals surface area contributed by atoms with Crippen molar-refractivity contribution >= 4 is 15.9 Å². The van der Waals surface area contributed by atoms with E-state index in [1.807, 2.05) is 0 Å². The number of halogens is 1. The molecular weight excluding hydrogens is 200 g/mol. The fraction of sp³-hybridized carbons (Fsp3) is 1.00. The molecule has 0 N–H and O–H groups in total. The minimum atomic E-state index is -0.0659. The maximum absolute atomic E-state index is 5.47. The first-order chi connectivity index (χ1) is 4.86. The Morgan fingerprint density at radius 3 is 3.00 bits per heavy atom. The Morgan fingerprint density at radius 2 is 2.10 bits per heavy atom. The molecule has 0 amide bonds. The number of ether oxygens (including phenoxy) is 3. The van der Waals surface area contributed by atoms with E-state index >= 15 is 0 Å². The summed E-state index contributed by atoms with van der Waals surface area (Å²) >= 11 is 3.52. The van der Waals surface area contributed by atoms with Crippen LogP contribution in [0.3, 0.4) is 0 Å². The van der Waals surface area contributed by atoms with Crippen molar-refractivity contribution in [2.45, 2.75) is 29.4 Å². The zero-order valence-corrected chi connectivity index (χ0v) is 6.78.